The second-order valence-electron chi connectivity index (χ2n) is 6.27. The van der Waals surface area contributed by atoms with Crippen LogP contribution in [-0.2, 0) is 19.2 Å². The Labute approximate surface area is 163 Å². The molecule has 0 aliphatic carbocycles. The maximum absolute atomic E-state index is 12.4. The van der Waals surface area contributed by atoms with E-state index in [0.717, 1.165) is 15.7 Å². The average Bonchev–Trinajstić information content (AvgIpc) is 3.20. The lowest BCUT2D eigenvalue weighted by atomic mass is 9.90. The summed E-state index contributed by atoms with van der Waals surface area (Å²) >= 11 is 3.39. The first-order valence-corrected chi connectivity index (χ1v) is 9.03. The number of methoxy groups -OCH3 is 1. The van der Waals surface area contributed by atoms with E-state index in [-0.39, 0.29) is 5.91 Å². The molecule has 0 radical (unpaired) electrons. The maximum Gasteiger partial charge on any atom is 0.337 e. The zero-order valence-corrected chi connectivity index (χ0v) is 15.8. The Bertz CT molecular complexity index is 913. The number of anilines is 1. The van der Waals surface area contributed by atoms with Crippen LogP contribution >= 0.6 is 15.9 Å². The molecule has 0 unspecified atom stereocenters. The SMILES string of the molecule is COC(=O)c1ccc([C@H]2[C@H]3C(=O)NC(=O)[C@@H]3ON2c2ccc(Br)cc2)cc1. The van der Waals surface area contributed by atoms with Gasteiger partial charge in [0.2, 0.25) is 5.91 Å². The summed E-state index contributed by atoms with van der Waals surface area (Å²) in [5, 5.41) is 3.92. The summed E-state index contributed by atoms with van der Waals surface area (Å²) in [5.74, 6) is -1.93. The van der Waals surface area contributed by atoms with Crippen molar-refractivity contribution >= 4 is 39.4 Å². The van der Waals surface area contributed by atoms with Crippen LogP contribution in [0.3, 0.4) is 0 Å². The van der Waals surface area contributed by atoms with Gasteiger partial charge in [0.15, 0.2) is 6.10 Å². The van der Waals surface area contributed by atoms with Gasteiger partial charge in [-0.15, -0.1) is 0 Å². The van der Waals surface area contributed by atoms with Crippen molar-refractivity contribution in [3.8, 4) is 0 Å². The van der Waals surface area contributed by atoms with E-state index in [9.17, 15) is 14.4 Å². The number of imide groups is 1. The molecule has 2 fully saturated rings. The number of ether oxygens (including phenoxy) is 1. The molecular formula is C19H15BrN2O5. The molecule has 4 rings (SSSR count). The molecule has 7 nitrogen and oxygen atoms in total. The van der Waals surface area contributed by atoms with Crippen LogP contribution in [0.15, 0.2) is 53.0 Å². The fourth-order valence-corrected chi connectivity index (χ4v) is 3.68. The van der Waals surface area contributed by atoms with E-state index in [1.165, 1.54) is 7.11 Å². The van der Waals surface area contributed by atoms with Crippen LogP contribution in [0.5, 0.6) is 0 Å². The molecule has 2 aromatic rings. The second kappa shape index (κ2) is 6.79. The predicted octanol–water partition coefficient (Wildman–Crippen LogP) is 2.37. The molecule has 1 N–H and O–H groups in total. The van der Waals surface area contributed by atoms with Crippen molar-refractivity contribution in [2.45, 2.75) is 12.1 Å². The minimum absolute atomic E-state index is 0.369. The van der Waals surface area contributed by atoms with Crippen LogP contribution in [0.4, 0.5) is 5.69 Å². The number of benzene rings is 2. The molecule has 3 atom stereocenters. The molecule has 138 valence electrons. The lowest BCUT2D eigenvalue weighted by Crippen LogP contribution is -2.33. The summed E-state index contributed by atoms with van der Waals surface area (Å²) in [6.45, 7) is 0. The number of rotatable bonds is 3. The van der Waals surface area contributed by atoms with Gasteiger partial charge in [0.1, 0.15) is 5.92 Å². The van der Waals surface area contributed by atoms with Gasteiger partial charge in [0.25, 0.3) is 5.91 Å². The Morgan fingerprint density at radius 3 is 2.37 bits per heavy atom. The number of carbonyl (C=O) groups excluding carboxylic acids is 3. The van der Waals surface area contributed by atoms with Crippen molar-refractivity contribution < 1.29 is 24.0 Å². The van der Waals surface area contributed by atoms with Crippen molar-refractivity contribution in [1.29, 1.82) is 0 Å². The highest BCUT2D eigenvalue weighted by atomic mass is 79.9. The number of nitrogens with one attached hydrogen (secondary N) is 1. The number of fused-ring (bicyclic) bond motifs is 1. The van der Waals surface area contributed by atoms with Gasteiger partial charge in [0.05, 0.1) is 24.4 Å². The molecule has 0 saturated carbocycles. The lowest BCUT2D eigenvalue weighted by Gasteiger charge is -2.27. The van der Waals surface area contributed by atoms with Crippen molar-refractivity contribution in [2.24, 2.45) is 5.92 Å². The van der Waals surface area contributed by atoms with Crippen LogP contribution in [0.1, 0.15) is 22.0 Å². The van der Waals surface area contributed by atoms with E-state index in [1.807, 2.05) is 24.3 Å². The minimum Gasteiger partial charge on any atom is -0.465 e. The van der Waals surface area contributed by atoms with Crippen LogP contribution < -0.4 is 10.4 Å². The molecule has 0 aromatic heterocycles. The standard InChI is InChI=1S/C19H15BrN2O5/c1-26-19(25)11-4-2-10(3-5-11)15-14-16(18(24)21-17(14)23)27-22(15)13-8-6-12(20)7-9-13/h2-9,14-16H,1H3,(H,21,23,24)/t14-,15+,16-/m1/s1. The molecule has 2 aliphatic heterocycles. The Kier molecular flexibility index (Phi) is 4.45. The predicted molar refractivity (Wildman–Crippen MR) is 98.7 cm³/mol. The molecule has 0 spiro atoms. The van der Waals surface area contributed by atoms with Crippen molar-refractivity contribution in [2.75, 3.05) is 12.2 Å². The van der Waals surface area contributed by atoms with Gasteiger partial charge >= 0.3 is 5.97 Å². The topological polar surface area (TPSA) is 84.9 Å². The van der Waals surface area contributed by atoms with Gasteiger partial charge in [-0.25, -0.2) is 9.86 Å². The summed E-state index contributed by atoms with van der Waals surface area (Å²) in [7, 11) is 1.31. The van der Waals surface area contributed by atoms with E-state index < -0.39 is 29.9 Å². The minimum atomic E-state index is -0.883. The number of hydroxylamine groups is 1. The normalized spacial score (nSPS) is 23.9. The third-order valence-electron chi connectivity index (χ3n) is 4.71. The Morgan fingerprint density at radius 1 is 1.07 bits per heavy atom. The maximum atomic E-state index is 12.4. The number of halogens is 1. The van der Waals surface area contributed by atoms with Crippen molar-refractivity contribution in [3.05, 3.63) is 64.1 Å². The first-order valence-electron chi connectivity index (χ1n) is 8.24. The van der Waals surface area contributed by atoms with Gasteiger partial charge in [-0.3, -0.25) is 19.7 Å². The molecule has 2 aromatic carbocycles. The largest absolute Gasteiger partial charge is 0.465 e. The van der Waals surface area contributed by atoms with Gasteiger partial charge < -0.3 is 4.74 Å². The highest BCUT2D eigenvalue weighted by molar-refractivity contribution is 9.10. The molecule has 8 heteroatoms. The molecular weight excluding hydrogens is 416 g/mol. The monoisotopic (exact) mass is 430 g/mol. The first kappa shape index (κ1) is 17.7. The van der Waals surface area contributed by atoms with Gasteiger partial charge in [-0.2, -0.15) is 0 Å². The fourth-order valence-electron chi connectivity index (χ4n) is 3.42. The highest BCUT2D eigenvalue weighted by Gasteiger charge is 2.56. The number of carbonyl (C=O) groups is 3. The molecule has 2 aliphatic rings. The van der Waals surface area contributed by atoms with Crippen molar-refractivity contribution in [3.63, 3.8) is 0 Å². The third kappa shape index (κ3) is 3.00. The van der Waals surface area contributed by atoms with Gasteiger partial charge in [-0.1, -0.05) is 28.1 Å². The number of nitrogens with zero attached hydrogens (tertiary/aromatic N) is 1. The average molecular weight is 431 g/mol. The second-order valence-corrected chi connectivity index (χ2v) is 7.18. The van der Waals surface area contributed by atoms with E-state index in [0.29, 0.717) is 5.56 Å². The van der Waals surface area contributed by atoms with E-state index >= 15 is 0 Å². The molecule has 2 saturated heterocycles. The van der Waals surface area contributed by atoms with E-state index in [1.54, 1.807) is 29.3 Å². The summed E-state index contributed by atoms with van der Waals surface area (Å²) in [5.41, 5.74) is 1.87. The van der Waals surface area contributed by atoms with Crippen LogP contribution in [-0.4, -0.2) is 31.0 Å². The molecule has 0 bridgehead atoms. The summed E-state index contributed by atoms with van der Waals surface area (Å²) in [6, 6.07) is 13.6. The Hall–Kier alpha value is -2.71. The van der Waals surface area contributed by atoms with Crippen LogP contribution in [0, 0.1) is 5.92 Å². The van der Waals surface area contributed by atoms with Crippen molar-refractivity contribution in [1.82, 2.24) is 5.32 Å². The summed E-state index contributed by atoms with van der Waals surface area (Å²) in [6.07, 6.45) is -0.883. The number of esters is 1. The van der Waals surface area contributed by atoms with Gasteiger partial charge in [0, 0.05) is 4.47 Å². The molecule has 27 heavy (non-hydrogen) atoms. The number of hydrogen-bond donors (Lipinski definition) is 1. The number of amides is 2. The highest BCUT2D eigenvalue weighted by Crippen LogP contribution is 2.44. The summed E-state index contributed by atoms with van der Waals surface area (Å²) < 4.78 is 5.62. The lowest BCUT2D eigenvalue weighted by molar-refractivity contribution is -0.129. The zero-order chi connectivity index (χ0) is 19.1. The van der Waals surface area contributed by atoms with E-state index in [4.69, 9.17) is 9.57 Å². The number of hydrogen-bond acceptors (Lipinski definition) is 6. The third-order valence-corrected chi connectivity index (χ3v) is 5.24. The zero-order valence-electron chi connectivity index (χ0n) is 14.2. The first-order chi connectivity index (χ1) is 13.0. The molecule has 2 amide bonds. The quantitative estimate of drug-likeness (QED) is 0.594. The Balaban J connectivity index is 1.75. The van der Waals surface area contributed by atoms with E-state index in [2.05, 4.69) is 21.2 Å². The van der Waals surface area contributed by atoms with Crippen LogP contribution in [0.25, 0.3) is 0 Å². The Morgan fingerprint density at radius 2 is 1.74 bits per heavy atom. The van der Waals surface area contributed by atoms with Gasteiger partial charge in [-0.05, 0) is 42.0 Å². The van der Waals surface area contributed by atoms with Crippen LogP contribution in [0.2, 0.25) is 0 Å². The smallest absolute Gasteiger partial charge is 0.337 e. The summed E-state index contributed by atoms with van der Waals surface area (Å²) in [4.78, 5) is 42.0. The molecule has 2 heterocycles. The fraction of sp³-hybridized carbons (Fsp3) is 0.211.